The van der Waals surface area contributed by atoms with Crippen LogP contribution in [0.3, 0.4) is 0 Å². The van der Waals surface area contributed by atoms with Crippen molar-refractivity contribution >= 4 is 0 Å². The molecule has 1 aliphatic rings. The molecule has 4 rings (SSSR count). The van der Waals surface area contributed by atoms with Crippen LogP contribution in [0, 0.1) is 6.92 Å². The molecule has 1 atom stereocenters. The first-order valence-electron chi connectivity index (χ1n) is 9.68. The molecule has 1 unspecified atom stereocenters. The summed E-state index contributed by atoms with van der Waals surface area (Å²) < 4.78 is 0. The molecule has 0 bridgehead atoms. The molecular formula is C26H26. The van der Waals surface area contributed by atoms with Crippen molar-refractivity contribution in [3.05, 3.63) is 107 Å². The van der Waals surface area contributed by atoms with Crippen LogP contribution in [0.25, 0.3) is 11.1 Å². The quantitative estimate of drug-likeness (QED) is 0.446. The van der Waals surface area contributed by atoms with Gasteiger partial charge in [-0.05, 0) is 66.3 Å². The summed E-state index contributed by atoms with van der Waals surface area (Å²) in [5.41, 5.74) is 8.14. The molecule has 26 heavy (non-hydrogen) atoms. The molecule has 0 radical (unpaired) electrons. The van der Waals surface area contributed by atoms with Gasteiger partial charge < -0.3 is 0 Å². The molecule has 3 aromatic rings. The molecule has 0 saturated carbocycles. The molecule has 130 valence electrons. The van der Waals surface area contributed by atoms with Crippen molar-refractivity contribution in [3.63, 3.8) is 0 Å². The van der Waals surface area contributed by atoms with E-state index in [4.69, 9.17) is 0 Å². The van der Waals surface area contributed by atoms with E-state index in [9.17, 15) is 0 Å². The summed E-state index contributed by atoms with van der Waals surface area (Å²) in [4.78, 5) is 0. The fraction of sp³-hybridized carbons (Fsp3) is 0.231. The Hall–Kier alpha value is -2.60. The molecule has 0 aromatic heterocycles. The lowest BCUT2D eigenvalue weighted by atomic mass is 9.87. The highest BCUT2D eigenvalue weighted by atomic mass is 14.2. The van der Waals surface area contributed by atoms with Crippen LogP contribution in [0.5, 0.6) is 0 Å². The highest BCUT2D eigenvalue weighted by Gasteiger charge is 2.12. The summed E-state index contributed by atoms with van der Waals surface area (Å²) in [5.74, 6) is 0.700. The van der Waals surface area contributed by atoms with Gasteiger partial charge >= 0.3 is 0 Å². The van der Waals surface area contributed by atoms with Crippen molar-refractivity contribution < 1.29 is 0 Å². The van der Waals surface area contributed by atoms with Crippen LogP contribution in [0.2, 0.25) is 0 Å². The van der Waals surface area contributed by atoms with E-state index in [1.807, 2.05) is 0 Å². The van der Waals surface area contributed by atoms with Gasteiger partial charge in [0.25, 0.3) is 0 Å². The fourth-order valence-electron chi connectivity index (χ4n) is 3.80. The van der Waals surface area contributed by atoms with Crippen LogP contribution in [-0.4, -0.2) is 0 Å². The minimum atomic E-state index is 0.700. The van der Waals surface area contributed by atoms with Crippen LogP contribution in [0.15, 0.2) is 84.9 Å². The van der Waals surface area contributed by atoms with Crippen molar-refractivity contribution in [1.29, 1.82) is 0 Å². The Balaban J connectivity index is 1.46. The van der Waals surface area contributed by atoms with E-state index in [0.29, 0.717) is 5.92 Å². The van der Waals surface area contributed by atoms with E-state index < -0.39 is 0 Å². The number of allylic oxidation sites excluding steroid dienone is 2. The molecule has 0 amide bonds. The van der Waals surface area contributed by atoms with Gasteiger partial charge in [-0.1, -0.05) is 90.5 Å². The molecule has 3 aromatic carbocycles. The van der Waals surface area contributed by atoms with Crippen LogP contribution in [-0.2, 0) is 6.42 Å². The molecule has 0 aliphatic heterocycles. The summed E-state index contributed by atoms with van der Waals surface area (Å²) in [6, 6.07) is 27.0. The van der Waals surface area contributed by atoms with Gasteiger partial charge in [-0.3, -0.25) is 0 Å². The molecule has 0 spiro atoms. The second-order valence-electron chi connectivity index (χ2n) is 7.46. The maximum Gasteiger partial charge on any atom is -0.00258 e. The van der Waals surface area contributed by atoms with Crippen LogP contribution >= 0.6 is 0 Å². The minimum Gasteiger partial charge on any atom is -0.0885 e. The maximum absolute atomic E-state index is 2.33. The summed E-state index contributed by atoms with van der Waals surface area (Å²) in [5, 5.41) is 0. The average molecular weight is 338 g/mol. The molecule has 0 heteroatoms. The zero-order valence-corrected chi connectivity index (χ0v) is 15.5. The zero-order valence-electron chi connectivity index (χ0n) is 15.5. The molecule has 0 saturated heterocycles. The third kappa shape index (κ3) is 3.96. The molecule has 0 fully saturated rings. The number of hydrogen-bond donors (Lipinski definition) is 0. The lowest BCUT2D eigenvalue weighted by Crippen LogP contribution is -2.00. The number of hydrogen-bond acceptors (Lipinski definition) is 0. The van der Waals surface area contributed by atoms with Gasteiger partial charge in [0.15, 0.2) is 0 Å². The Morgan fingerprint density at radius 1 is 0.692 bits per heavy atom. The van der Waals surface area contributed by atoms with Crippen molar-refractivity contribution in [1.82, 2.24) is 0 Å². The normalized spacial score (nSPS) is 16.6. The molecule has 0 heterocycles. The van der Waals surface area contributed by atoms with E-state index in [-0.39, 0.29) is 0 Å². The smallest absolute Gasteiger partial charge is 0.00258 e. The number of aryl methyl sites for hydroxylation is 1. The first kappa shape index (κ1) is 16.8. The first-order valence-corrected chi connectivity index (χ1v) is 9.68. The van der Waals surface area contributed by atoms with E-state index >= 15 is 0 Å². The van der Waals surface area contributed by atoms with E-state index in [1.54, 1.807) is 0 Å². The largest absolute Gasteiger partial charge is 0.0885 e. The Labute approximate surface area is 157 Å². The monoisotopic (exact) mass is 338 g/mol. The predicted octanol–water partition coefficient (Wildman–Crippen LogP) is 7.08. The van der Waals surface area contributed by atoms with Gasteiger partial charge in [0.2, 0.25) is 0 Å². The predicted molar refractivity (Wildman–Crippen MR) is 112 cm³/mol. The summed E-state index contributed by atoms with van der Waals surface area (Å²) in [7, 11) is 0. The lowest BCUT2D eigenvalue weighted by molar-refractivity contribution is 0.617. The summed E-state index contributed by atoms with van der Waals surface area (Å²) in [6.45, 7) is 2.13. The maximum atomic E-state index is 2.33. The van der Waals surface area contributed by atoms with Crippen LogP contribution in [0.1, 0.15) is 47.4 Å². The highest BCUT2D eigenvalue weighted by molar-refractivity contribution is 5.64. The Kier molecular flexibility index (Phi) is 5.02. The van der Waals surface area contributed by atoms with Crippen molar-refractivity contribution in [2.75, 3.05) is 0 Å². The first-order chi connectivity index (χ1) is 12.8. The fourth-order valence-corrected chi connectivity index (χ4v) is 3.80. The second kappa shape index (κ2) is 7.74. The second-order valence-corrected chi connectivity index (χ2v) is 7.46. The topological polar surface area (TPSA) is 0 Å². The van der Waals surface area contributed by atoms with E-state index in [0.717, 1.165) is 6.42 Å². The Bertz CT molecular complexity index is 865. The van der Waals surface area contributed by atoms with E-state index in [1.165, 1.54) is 52.6 Å². The highest BCUT2D eigenvalue weighted by Crippen LogP contribution is 2.30. The number of rotatable bonds is 4. The zero-order chi connectivity index (χ0) is 17.8. The van der Waals surface area contributed by atoms with Crippen molar-refractivity contribution in [3.8, 4) is 11.1 Å². The third-order valence-electron chi connectivity index (χ3n) is 5.47. The van der Waals surface area contributed by atoms with Crippen LogP contribution < -0.4 is 0 Å². The van der Waals surface area contributed by atoms with Gasteiger partial charge in [0.1, 0.15) is 0 Å². The van der Waals surface area contributed by atoms with Gasteiger partial charge in [-0.15, -0.1) is 0 Å². The molecule has 0 N–H and O–H groups in total. The van der Waals surface area contributed by atoms with E-state index in [2.05, 4.69) is 91.9 Å². The lowest BCUT2D eigenvalue weighted by Gasteiger charge is -2.18. The van der Waals surface area contributed by atoms with Gasteiger partial charge in [0, 0.05) is 0 Å². The molecule has 1 aliphatic carbocycles. The van der Waals surface area contributed by atoms with Crippen molar-refractivity contribution in [2.45, 2.75) is 38.5 Å². The number of benzene rings is 3. The standard InChI is InChI=1S/C26H26/c1-20-7-9-21(10-8-20)19-22-11-13-24(14-12-22)26-17-15-25(16-18-26)23-5-3-2-4-6-23/h2-3,7-18,23H,4-6,19H2,1H3. The van der Waals surface area contributed by atoms with Gasteiger partial charge in [-0.2, -0.15) is 0 Å². The Morgan fingerprint density at radius 3 is 1.85 bits per heavy atom. The Morgan fingerprint density at radius 2 is 1.27 bits per heavy atom. The average Bonchev–Trinajstić information content (AvgIpc) is 2.71. The SMILES string of the molecule is Cc1ccc(Cc2ccc(-c3ccc(C4CC=CCC4)cc3)cc2)cc1. The molecular weight excluding hydrogens is 312 g/mol. The molecule has 0 nitrogen and oxygen atoms in total. The van der Waals surface area contributed by atoms with Gasteiger partial charge in [0.05, 0.1) is 0 Å². The van der Waals surface area contributed by atoms with Crippen molar-refractivity contribution in [2.24, 2.45) is 0 Å². The van der Waals surface area contributed by atoms with Crippen LogP contribution in [0.4, 0.5) is 0 Å². The summed E-state index contributed by atoms with van der Waals surface area (Å²) >= 11 is 0. The van der Waals surface area contributed by atoms with Gasteiger partial charge in [-0.25, -0.2) is 0 Å². The summed E-state index contributed by atoms with van der Waals surface area (Å²) in [6.07, 6.45) is 9.32. The third-order valence-corrected chi connectivity index (χ3v) is 5.47. The minimum absolute atomic E-state index is 0.700.